The van der Waals surface area contributed by atoms with Crippen molar-refractivity contribution in [3.8, 4) is 0 Å². The molecule has 0 saturated carbocycles. The highest BCUT2D eigenvalue weighted by molar-refractivity contribution is 6.32. The molecule has 0 spiro atoms. The van der Waals surface area contributed by atoms with Gasteiger partial charge in [-0.25, -0.2) is 4.98 Å². The van der Waals surface area contributed by atoms with E-state index in [0.717, 1.165) is 6.42 Å². The molecule has 0 aliphatic carbocycles. The lowest BCUT2D eigenvalue weighted by atomic mass is 9.96. The lowest BCUT2D eigenvalue weighted by Crippen LogP contribution is -2.30. The first kappa shape index (κ1) is 13.9. The van der Waals surface area contributed by atoms with Crippen molar-refractivity contribution in [3.63, 3.8) is 0 Å². The first-order valence-corrected chi connectivity index (χ1v) is 6.03. The summed E-state index contributed by atoms with van der Waals surface area (Å²) in [5.41, 5.74) is 6.13. The van der Waals surface area contributed by atoms with Crippen LogP contribution in [0.4, 0.5) is 5.69 Å². The van der Waals surface area contributed by atoms with Gasteiger partial charge in [0.15, 0.2) is 5.15 Å². The van der Waals surface area contributed by atoms with Gasteiger partial charge in [0, 0.05) is 12.7 Å². The van der Waals surface area contributed by atoms with Gasteiger partial charge in [0.1, 0.15) is 0 Å². The van der Waals surface area contributed by atoms with Gasteiger partial charge >= 0.3 is 0 Å². The summed E-state index contributed by atoms with van der Waals surface area (Å²) in [6.07, 6.45) is 2.34. The molecule has 1 atom stereocenters. The molecule has 0 fully saturated rings. The fraction of sp³-hybridized carbons (Fsp3) is 0.500. The number of nitrogens with two attached hydrogens (primary N) is 1. The van der Waals surface area contributed by atoms with Crippen LogP contribution in [0, 0.1) is 11.8 Å². The molecular weight excluding hydrogens is 238 g/mol. The number of halogens is 1. The van der Waals surface area contributed by atoms with Crippen molar-refractivity contribution in [1.82, 2.24) is 4.98 Å². The largest absolute Gasteiger partial charge is 0.330 e. The van der Waals surface area contributed by atoms with Crippen molar-refractivity contribution in [1.29, 1.82) is 0 Å². The molecule has 4 nitrogen and oxygen atoms in total. The number of hydrogen-bond donors (Lipinski definition) is 2. The van der Waals surface area contributed by atoms with Gasteiger partial charge in [-0.15, -0.1) is 0 Å². The Morgan fingerprint density at radius 3 is 2.82 bits per heavy atom. The lowest BCUT2D eigenvalue weighted by molar-refractivity contribution is -0.120. The second-order valence-electron chi connectivity index (χ2n) is 4.39. The Hall–Kier alpha value is -1.13. The number of aromatic nitrogens is 1. The molecule has 1 rings (SSSR count). The van der Waals surface area contributed by atoms with Crippen molar-refractivity contribution < 1.29 is 4.79 Å². The van der Waals surface area contributed by atoms with E-state index >= 15 is 0 Å². The predicted molar refractivity (Wildman–Crippen MR) is 69.9 cm³/mol. The highest BCUT2D eigenvalue weighted by Gasteiger charge is 2.19. The van der Waals surface area contributed by atoms with E-state index < -0.39 is 0 Å². The van der Waals surface area contributed by atoms with E-state index in [1.807, 2.05) is 0 Å². The summed E-state index contributed by atoms with van der Waals surface area (Å²) in [5.74, 6) is 0.140. The van der Waals surface area contributed by atoms with Gasteiger partial charge in [0.25, 0.3) is 0 Å². The number of hydrogen-bond acceptors (Lipinski definition) is 3. The van der Waals surface area contributed by atoms with Crippen molar-refractivity contribution in [2.45, 2.75) is 20.3 Å². The van der Waals surface area contributed by atoms with E-state index in [2.05, 4.69) is 24.1 Å². The normalized spacial score (nSPS) is 12.5. The number of rotatable bonds is 5. The van der Waals surface area contributed by atoms with E-state index in [9.17, 15) is 4.79 Å². The predicted octanol–water partition coefficient (Wildman–Crippen LogP) is 2.29. The summed E-state index contributed by atoms with van der Waals surface area (Å²) in [6.45, 7) is 4.46. The Morgan fingerprint density at radius 2 is 2.29 bits per heavy atom. The summed E-state index contributed by atoms with van der Waals surface area (Å²) in [5, 5.41) is 3.05. The van der Waals surface area contributed by atoms with Crippen LogP contribution in [-0.2, 0) is 4.79 Å². The monoisotopic (exact) mass is 255 g/mol. The zero-order chi connectivity index (χ0) is 12.8. The molecule has 0 aliphatic heterocycles. The Labute approximate surface area is 107 Å². The Morgan fingerprint density at radius 1 is 1.59 bits per heavy atom. The minimum atomic E-state index is -0.189. The van der Waals surface area contributed by atoms with Crippen LogP contribution in [0.5, 0.6) is 0 Å². The maximum Gasteiger partial charge on any atom is 0.228 e. The van der Waals surface area contributed by atoms with Crippen LogP contribution in [0.15, 0.2) is 18.3 Å². The van der Waals surface area contributed by atoms with E-state index in [4.69, 9.17) is 17.3 Å². The molecule has 0 aliphatic rings. The first-order valence-electron chi connectivity index (χ1n) is 5.66. The van der Waals surface area contributed by atoms with Gasteiger partial charge in [-0.3, -0.25) is 4.79 Å². The fourth-order valence-electron chi connectivity index (χ4n) is 1.59. The third kappa shape index (κ3) is 4.32. The third-order valence-corrected chi connectivity index (χ3v) is 2.73. The van der Waals surface area contributed by atoms with E-state index in [1.165, 1.54) is 0 Å². The number of carbonyl (C=O) groups excluding carboxylic acids is 1. The van der Waals surface area contributed by atoms with E-state index in [-0.39, 0.29) is 11.8 Å². The first-order chi connectivity index (χ1) is 8.04. The number of pyridine rings is 1. The molecule has 1 aromatic heterocycles. The Kier molecular flexibility index (Phi) is 5.38. The average Bonchev–Trinajstić information content (AvgIpc) is 2.28. The number of carbonyl (C=O) groups is 1. The van der Waals surface area contributed by atoms with Crippen molar-refractivity contribution in [3.05, 3.63) is 23.5 Å². The lowest BCUT2D eigenvalue weighted by Gasteiger charge is -2.16. The van der Waals surface area contributed by atoms with Gasteiger partial charge in [-0.2, -0.15) is 0 Å². The smallest absolute Gasteiger partial charge is 0.228 e. The molecule has 1 aromatic rings. The Bertz CT molecular complexity index is 382. The summed E-state index contributed by atoms with van der Waals surface area (Å²) in [7, 11) is 0. The highest BCUT2D eigenvalue weighted by Crippen LogP contribution is 2.19. The molecule has 1 heterocycles. The number of amides is 1. The van der Waals surface area contributed by atoms with Gasteiger partial charge < -0.3 is 11.1 Å². The number of anilines is 1. The minimum Gasteiger partial charge on any atom is -0.330 e. The van der Waals surface area contributed by atoms with Crippen molar-refractivity contribution in [2.24, 2.45) is 17.6 Å². The maximum absolute atomic E-state index is 12.0. The van der Waals surface area contributed by atoms with Crippen LogP contribution in [0.25, 0.3) is 0 Å². The van der Waals surface area contributed by atoms with Gasteiger partial charge in [-0.1, -0.05) is 25.4 Å². The summed E-state index contributed by atoms with van der Waals surface area (Å²) in [6, 6.07) is 3.44. The summed E-state index contributed by atoms with van der Waals surface area (Å²) in [4.78, 5) is 15.9. The topological polar surface area (TPSA) is 68.0 Å². The minimum absolute atomic E-state index is 0.101. The Balaban J connectivity index is 2.67. The van der Waals surface area contributed by atoms with Crippen molar-refractivity contribution >= 4 is 23.2 Å². The van der Waals surface area contributed by atoms with Crippen LogP contribution < -0.4 is 11.1 Å². The van der Waals surface area contributed by atoms with Crippen molar-refractivity contribution in [2.75, 3.05) is 11.9 Å². The quantitative estimate of drug-likeness (QED) is 0.794. The van der Waals surface area contributed by atoms with E-state index in [0.29, 0.717) is 23.3 Å². The van der Waals surface area contributed by atoms with Gasteiger partial charge in [-0.05, 0) is 24.5 Å². The molecule has 94 valence electrons. The van der Waals surface area contributed by atoms with Crippen LogP contribution in [-0.4, -0.2) is 17.4 Å². The third-order valence-electron chi connectivity index (χ3n) is 2.43. The van der Waals surface area contributed by atoms with Gasteiger partial charge in [0.2, 0.25) is 5.91 Å². The summed E-state index contributed by atoms with van der Waals surface area (Å²) < 4.78 is 0. The summed E-state index contributed by atoms with van der Waals surface area (Å²) >= 11 is 5.86. The van der Waals surface area contributed by atoms with Crippen LogP contribution >= 0.6 is 11.6 Å². The molecule has 3 N–H and O–H groups in total. The molecule has 0 radical (unpaired) electrons. The molecular formula is C12H18ClN3O. The number of nitrogens with one attached hydrogen (secondary N) is 1. The molecule has 17 heavy (non-hydrogen) atoms. The second-order valence-corrected chi connectivity index (χ2v) is 4.75. The molecule has 0 bridgehead atoms. The van der Waals surface area contributed by atoms with E-state index in [1.54, 1.807) is 18.3 Å². The zero-order valence-electron chi connectivity index (χ0n) is 10.1. The molecule has 0 saturated heterocycles. The molecule has 1 amide bonds. The maximum atomic E-state index is 12.0. The molecule has 5 heteroatoms. The highest BCUT2D eigenvalue weighted by atomic mass is 35.5. The number of nitrogens with zero attached hydrogens (tertiary/aromatic N) is 1. The standard InChI is InChI=1S/C12H18ClN3O/c1-8(2)6-9(7-14)12(17)16-10-4-3-5-15-11(10)13/h3-5,8-9H,6-7,14H2,1-2H3,(H,16,17). The van der Waals surface area contributed by atoms with Crippen LogP contribution in [0.2, 0.25) is 5.15 Å². The van der Waals surface area contributed by atoms with Crippen LogP contribution in [0.1, 0.15) is 20.3 Å². The average molecular weight is 256 g/mol. The SMILES string of the molecule is CC(C)CC(CN)C(=O)Nc1cccnc1Cl. The van der Waals surface area contributed by atoms with Crippen LogP contribution in [0.3, 0.4) is 0 Å². The second kappa shape index (κ2) is 6.57. The molecule has 0 aromatic carbocycles. The van der Waals surface area contributed by atoms with Gasteiger partial charge in [0.05, 0.1) is 11.6 Å². The fourth-order valence-corrected chi connectivity index (χ4v) is 1.76. The molecule has 1 unspecified atom stereocenters. The zero-order valence-corrected chi connectivity index (χ0v) is 10.9.